The van der Waals surface area contributed by atoms with Crippen LogP contribution < -0.4 is 10.7 Å². The second-order valence-electron chi connectivity index (χ2n) is 6.49. The summed E-state index contributed by atoms with van der Waals surface area (Å²) in [5.74, 6) is 0.273. The molecule has 1 unspecified atom stereocenters. The first-order valence-corrected chi connectivity index (χ1v) is 7.78. The van der Waals surface area contributed by atoms with Crippen molar-refractivity contribution >= 4 is 11.9 Å². The lowest BCUT2D eigenvalue weighted by Gasteiger charge is -2.22. The lowest BCUT2D eigenvalue weighted by molar-refractivity contribution is -0.169. The maximum atomic E-state index is 11.7. The van der Waals surface area contributed by atoms with Crippen LogP contribution in [0, 0.1) is 0 Å². The van der Waals surface area contributed by atoms with Crippen LogP contribution in [0.25, 0.3) is 0 Å². The van der Waals surface area contributed by atoms with E-state index >= 15 is 0 Å². The van der Waals surface area contributed by atoms with Gasteiger partial charge in [-0.1, -0.05) is 0 Å². The van der Waals surface area contributed by atoms with E-state index in [1.54, 1.807) is 20.8 Å². The minimum atomic E-state index is -0.623. The van der Waals surface area contributed by atoms with Crippen LogP contribution in [0.5, 0.6) is 0 Å². The van der Waals surface area contributed by atoms with Gasteiger partial charge in [-0.3, -0.25) is 10.1 Å². The molecule has 1 aromatic rings. The van der Waals surface area contributed by atoms with Gasteiger partial charge in [-0.25, -0.2) is 4.79 Å². The number of rotatable bonds is 4. The Balaban J connectivity index is 1.95. The van der Waals surface area contributed by atoms with Gasteiger partial charge in [-0.2, -0.15) is 0 Å². The minimum Gasteiger partial charge on any atom is -0.444 e. The van der Waals surface area contributed by atoms with E-state index < -0.39 is 11.7 Å². The van der Waals surface area contributed by atoms with Gasteiger partial charge in [-0.15, -0.1) is 0 Å². The number of hydrogen-bond donors (Lipinski definition) is 2. The zero-order valence-corrected chi connectivity index (χ0v) is 13.8. The van der Waals surface area contributed by atoms with Crippen LogP contribution >= 0.6 is 0 Å². The van der Waals surface area contributed by atoms with Crippen molar-refractivity contribution in [1.29, 1.82) is 0 Å². The summed E-state index contributed by atoms with van der Waals surface area (Å²) < 4.78 is 16.3. The van der Waals surface area contributed by atoms with Crippen molar-refractivity contribution in [2.75, 3.05) is 11.9 Å². The van der Waals surface area contributed by atoms with E-state index in [2.05, 4.69) is 10.3 Å². The van der Waals surface area contributed by atoms with Gasteiger partial charge in [0, 0.05) is 24.4 Å². The molecule has 0 aliphatic carbocycles. The van der Waals surface area contributed by atoms with Crippen LogP contribution in [0.3, 0.4) is 0 Å². The molecule has 1 saturated heterocycles. The molecule has 0 aromatic carbocycles. The van der Waals surface area contributed by atoms with Crippen molar-refractivity contribution in [2.24, 2.45) is 0 Å². The molecule has 1 fully saturated rings. The largest absolute Gasteiger partial charge is 0.444 e. The van der Waals surface area contributed by atoms with Crippen LogP contribution in [-0.2, 0) is 20.8 Å². The molecule has 1 amide bonds. The van der Waals surface area contributed by atoms with Crippen molar-refractivity contribution in [3.05, 3.63) is 28.0 Å². The van der Waals surface area contributed by atoms with Gasteiger partial charge in [0.15, 0.2) is 11.7 Å². The number of aromatic amines is 1. The maximum Gasteiger partial charge on any atom is 0.413 e. The van der Waals surface area contributed by atoms with Crippen LogP contribution in [0.4, 0.5) is 10.6 Å². The number of anilines is 1. The molecule has 1 aliphatic rings. The number of ether oxygens (including phenoxy) is 3. The molecule has 7 heteroatoms. The highest BCUT2D eigenvalue weighted by Crippen LogP contribution is 2.15. The minimum absolute atomic E-state index is 0.212. The summed E-state index contributed by atoms with van der Waals surface area (Å²) >= 11 is 0. The van der Waals surface area contributed by atoms with Gasteiger partial charge in [0.2, 0.25) is 0 Å². The van der Waals surface area contributed by atoms with E-state index in [1.165, 1.54) is 12.1 Å². The first-order valence-electron chi connectivity index (χ1n) is 7.78. The SMILES string of the molecule is CC(C)(C)OC(=O)Nc1cc(=O)cc(COC2CCCCO2)[nH]1. The van der Waals surface area contributed by atoms with Crippen molar-refractivity contribution in [1.82, 2.24) is 4.98 Å². The van der Waals surface area contributed by atoms with Crippen LogP contribution in [0.2, 0.25) is 0 Å². The van der Waals surface area contributed by atoms with Crippen LogP contribution in [-0.4, -0.2) is 29.6 Å². The highest BCUT2D eigenvalue weighted by atomic mass is 16.7. The lowest BCUT2D eigenvalue weighted by Crippen LogP contribution is -2.28. The number of carbonyl (C=O) groups excluding carboxylic acids is 1. The molecule has 23 heavy (non-hydrogen) atoms. The zero-order chi connectivity index (χ0) is 16.9. The number of hydrogen-bond acceptors (Lipinski definition) is 5. The fourth-order valence-corrected chi connectivity index (χ4v) is 2.18. The van der Waals surface area contributed by atoms with Gasteiger partial charge < -0.3 is 19.2 Å². The molecule has 7 nitrogen and oxygen atoms in total. The molecule has 1 atom stereocenters. The number of aromatic nitrogens is 1. The molecule has 1 aliphatic heterocycles. The third-order valence-electron chi connectivity index (χ3n) is 3.10. The number of carbonyl (C=O) groups is 1. The van der Waals surface area contributed by atoms with Crippen LogP contribution in [0.15, 0.2) is 16.9 Å². The van der Waals surface area contributed by atoms with Crippen LogP contribution in [0.1, 0.15) is 45.7 Å². The van der Waals surface area contributed by atoms with E-state index in [0.29, 0.717) is 12.3 Å². The second-order valence-corrected chi connectivity index (χ2v) is 6.49. The monoisotopic (exact) mass is 324 g/mol. The third kappa shape index (κ3) is 6.42. The highest BCUT2D eigenvalue weighted by Gasteiger charge is 2.17. The Morgan fingerprint density at radius 2 is 2.17 bits per heavy atom. The van der Waals surface area contributed by atoms with Crippen molar-refractivity contribution in [2.45, 2.75) is 58.5 Å². The molecular formula is C16H24N2O5. The predicted octanol–water partition coefficient (Wildman–Crippen LogP) is 2.77. The Morgan fingerprint density at radius 1 is 1.39 bits per heavy atom. The topological polar surface area (TPSA) is 89.7 Å². The number of amides is 1. The first-order chi connectivity index (χ1) is 10.8. The quantitative estimate of drug-likeness (QED) is 0.889. The molecule has 2 N–H and O–H groups in total. The Bertz CT molecular complexity index is 585. The van der Waals surface area contributed by atoms with E-state index in [1.807, 2.05) is 0 Å². The summed E-state index contributed by atoms with van der Waals surface area (Å²) in [4.78, 5) is 26.4. The first kappa shape index (κ1) is 17.5. The van der Waals surface area contributed by atoms with Crippen molar-refractivity contribution in [3.63, 3.8) is 0 Å². The normalized spacial score (nSPS) is 18.5. The van der Waals surface area contributed by atoms with E-state index in [0.717, 1.165) is 19.3 Å². The summed E-state index contributed by atoms with van der Waals surface area (Å²) in [5, 5.41) is 2.51. The third-order valence-corrected chi connectivity index (χ3v) is 3.10. The molecule has 2 heterocycles. The van der Waals surface area contributed by atoms with E-state index in [9.17, 15) is 9.59 Å². The van der Waals surface area contributed by atoms with Gasteiger partial charge in [0.05, 0.1) is 6.61 Å². The van der Waals surface area contributed by atoms with E-state index in [-0.39, 0.29) is 24.1 Å². The summed E-state index contributed by atoms with van der Waals surface area (Å²) in [6.07, 6.45) is 2.10. The molecule has 1 aromatic heterocycles. The number of nitrogens with one attached hydrogen (secondary N) is 2. The molecular weight excluding hydrogens is 300 g/mol. The Kier molecular flexibility index (Phi) is 5.79. The Morgan fingerprint density at radius 3 is 2.83 bits per heavy atom. The summed E-state index contributed by atoms with van der Waals surface area (Å²) in [7, 11) is 0. The summed E-state index contributed by atoms with van der Waals surface area (Å²) in [6, 6.07) is 2.73. The molecule has 0 bridgehead atoms. The molecule has 0 saturated carbocycles. The molecule has 128 valence electrons. The maximum absolute atomic E-state index is 11.7. The van der Waals surface area contributed by atoms with E-state index in [4.69, 9.17) is 14.2 Å². The summed E-state index contributed by atoms with van der Waals surface area (Å²) in [6.45, 7) is 6.21. The highest BCUT2D eigenvalue weighted by molar-refractivity contribution is 5.83. The van der Waals surface area contributed by atoms with Gasteiger partial charge in [-0.05, 0) is 40.0 Å². The average molecular weight is 324 g/mol. The molecule has 0 spiro atoms. The predicted molar refractivity (Wildman–Crippen MR) is 85.3 cm³/mol. The number of pyridine rings is 1. The Labute approximate surface area is 135 Å². The second kappa shape index (κ2) is 7.61. The molecule has 2 rings (SSSR count). The standard InChI is InChI=1S/C16H24N2O5/c1-16(2,3)23-15(20)18-13-9-12(19)8-11(17-13)10-22-14-6-4-5-7-21-14/h8-9,14H,4-7,10H2,1-3H3,(H2,17,18,19,20). The average Bonchev–Trinajstić information content (AvgIpc) is 2.43. The zero-order valence-electron chi connectivity index (χ0n) is 13.8. The fraction of sp³-hybridized carbons (Fsp3) is 0.625. The van der Waals surface area contributed by atoms with Gasteiger partial charge in [0.25, 0.3) is 0 Å². The lowest BCUT2D eigenvalue weighted by atomic mass is 10.2. The van der Waals surface area contributed by atoms with Gasteiger partial charge >= 0.3 is 6.09 Å². The number of H-pyrrole nitrogens is 1. The smallest absolute Gasteiger partial charge is 0.413 e. The Hall–Kier alpha value is -1.86. The summed E-state index contributed by atoms with van der Waals surface area (Å²) in [5.41, 5.74) is -0.264. The fourth-order valence-electron chi connectivity index (χ4n) is 2.18. The molecule has 0 radical (unpaired) electrons. The van der Waals surface area contributed by atoms with Crippen molar-refractivity contribution in [3.8, 4) is 0 Å². The van der Waals surface area contributed by atoms with Gasteiger partial charge in [0.1, 0.15) is 11.4 Å². The van der Waals surface area contributed by atoms with Crippen molar-refractivity contribution < 1.29 is 19.0 Å².